The highest BCUT2D eigenvalue weighted by Crippen LogP contribution is 2.29. The molecule has 0 aliphatic carbocycles. The topological polar surface area (TPSA) is 59.8 Å². The number of carbonyl (C=O) groups excluding carboxylic acids is 1. The number of rotatable bonds is 8. The molecule has 6 heteroatoms. The molecule has 0 radical (unpaired) electrons. The average molecular weight is 485 g/mol. The third kappa shape index (κ3) is 5.82. The minimum atomic E-state index is -0.0500. The monoisotopic (exact) mass is 484 g/mol. The normalized spacial score (nSPS) is 11.1. The molecule has 0 fully saturated rings. The summed E-state index contributed by atoms with van der Waals surface area (Å²) in [5.41, 5.74) is 7.68. The average Bonchev–Trinajstić information content (AvgIpc) is 3.21. The van der Waals surface area contributed by atoms with Crippen LogP contribution in [-0.4, -0.2) is 26.4 Å². The number of aryl methyl sites for hydroxylation is 3. The van der Waals surface area contributed by atoms with Crippen molar-refractivity contribution in [2.24, 2.45) is 0 Å². The molecule has 0 aliphatic heterocycles. The quantitative estimate of drug-likeness (QED) is 0.285. The van der Waals surface area contributed by atoms with E-state index in [1.54, 1.807) is 0 Å². The summed E-state index contributed by atoms with van der Waals surface area (Å²) < 4.78 is 2.09. The van der Waals surface area contributed by atoms with E-state index < -0.39 is 0 Å². The number of para-hydroxylation sites is 1. The van der Waals surface area contributed by atoms with Gasteiger partial charge >= 0.3 is 0 Å². The fourth-order valence-corrected chi connectivity index (χ4v) is 5.00. The van der Waals surface area contributed by atoms with Crippen molar-refractivity contribution in [3.05, 3.63) is 100 Å². The molecule has 0 saturated heterocycles. The summed E-state index contributed by atoms with van der Waals surface area (Å²) in [7, 11) is 0. The maximum atomic E-state index is 13.0. The third-order valence-corrected chi connectivity index (χ3v) is 6.95. The van der Waals surface area contributed by atoms with Crippen molar-refractivity contribution in [1.82, 2.24) is 14.8 Å². The first kappa shape index (κ1) is 24.7. The lowest BCUT2D eigenvalue weighted by atomic mass is 9.98. The van der Waals surface area contributed by atoms with Gasteiger partial charge in [-0.2, -0.15) is 0 Å². The van der Waals surface area contributed by atoms with Gasteiger partial charge in [-0.15, -0.1) is 10.2 Å². The largest absolute Gasteiger partial charge is 0.325 e. The van der Waals surface area contributed by atoms with Gasteiger partial charge in [0.2, 0.25) is 5.91 Å². The van der Waals surface area contributed by atoms with E-state index in [4.69, 9.17) is 0 Å². The van der Waals surface area contributed by atoms with Crippen molar-refractivity contribution < 1.29 is 4.79 Å². The lowest BCUT2D eigenvalue weighted by Gasteiger charge is -2.16. The van der Waals surface area contributed by atoms with E-state index in [0.717, 1.165) is 33.9 Å². The Kier molecular flexibility index (Phi) is 7.71. The summed E-state index contributed by atoms with van der Waals surface area (Å²) in [5, 5.41) is 12.9. The summed E-state index contributed by atoms with van der Waals surface area (Å²) in [6.45, 7) is 10.5. The molecule has 0 spiro atoms. The predicted molar refractivity (Wildman–Crippen MR) is 145 cm³/mol. The second kappa shape index (κ2) is 10.9. The summed E-state index contributed by atoms with van der Waals surface area (Å²) in [4.78, 5) is 13.0. The lowest BCUT2D eigenvalue weighted by Crippen LogP contribution is -2.17. The maximum absolute atomic E-state index is 13.0. The van der Waals surface area contributed by atoms with Crippen LogP contribution in [0.5, 0.6) is 0 Å². The maximum Gasteiger partial charge on any atom is 0.234 e. The summed E-state index contributed by atoms with van der Waals surface area (Å²) in [5.74, 6) is 1.38. The van der Waals surface area contributed by atoms with Gasteiger partial charge in [-0.3, -0.25) is 9.36 Å². The van der Waals surface area contributed by atoms with Crippen LogP contribution in [0.2, 0.25) is 0 Å². The molecule has 4 rings (SSSR count). The van der Waals surface area contributed by atoms with Crippen molar-refractivity contribution in [2.45, 2.75) is 52.1 Å². The zero-order valence-electron chi connectivity index (χ0n) is 21.0. The molecule has 4 aromatic rings. The van der Waals surface area contributed by atoms with Crippen LogP contribution in [0.3, 0.4) is 0 Å². The molecule has 1 amide bonds. The molecule has 5 nitrogen and oxygen atoms in total. The summed E-state index contributed by atoms with van der Waals surface area (Å²) in [6.07, 6.45) is 0.662. The van der Waals surface area contributed by atoms with Gasteiger partial charge in [0, 0.05) is 12.1 Å². The van der Waals surface area contributed by atoms with Crippen molar-refractivity contribution in [3.63, 3.8) is 0 Å². The van der Waals surface area contributed by atoms with Gasteiger partial charge in [0.15, 0.2) is 5.16 Å². The van der Waals surface area contributed by atoms with E-state index in [9.17, 15) is 4.79 Å². The van der Waals surface area contributed by atoms with Crippen LogP contribution >= 0.6 is 11.8 Å². The first-order chi connectivity index (χ1) is 16.8. The fourth-order valence-electron chi connectivity index (χ4n) is 4.23. The number of amides is 1. The number of anilines is 1. The molecular formula is C29H32N4OS. The van der Waals surface area contributed by atoms with Crippen LogP contribution in [0, 0.1) is 20.8 Å². The lowest BCUT2D eigenvalue weighted by molar-refractivity contribution is -0.113. The number of nitrogens with one attached hydrogen (secondary N) is 1. The van der Waals surface area contributed by atoms with Crippen molar-refractivity contribution in [1.29, 1.82) is 0 Å². The number of benzene rings is 3. The number of hydrogen-bond acceptors (Lipinski definition) is 4. The van der Waals surface area contributed by atoms with E-state index in [-0.39, 0.29) is 11.7 Å². The first-order valence-corrected chi connectivity index (χ1v) is 12.9. The Hall–Kier alpha value is -3.38. The third-order valence-electron chi connectivity index (χ3n) is 6.02. The van der Waals surface area contributed by atoms with E-state index in [1.165, 1.54) is 22.9 Å². The number of aromatic nitrogens is 3. The summed E-state index contributed by atoms with van der Waals surface area (Å²) in [6, 6.07) is 22.8. The zero-order valence-corrected chi connectivity index (χ0v) is 21.8. The van der Waals surface area contributed by atoms with Crippen molar-refractivity contribution >= 4 is 23.4 Å². The minimum absolute atomic E-state index is 0.0500. The van der Waals surface area contributed by atoms with Crippen LogP contribution in [0.25, 0.3) is 5.69 Å². The fraction of sp³-hybridized carbons (Fsp3) is 0.276. The molecule has 3 aromatic carbocycles. The standard InChI is InChI=1S/C29H32N4OS/c1-19(2)24-13-9-10-21(4)28(24)30-27(34)18-35-29-32-31-26(17-23-11-7-6-8-12-23)33(29)25-15-14-20(3)16-22(25)5/h6-16,19H,17-18H2,1-5H3,(H,30,34). The zero-order chi connectivity index (χ0) is 24.9. The van der Waals surface area contributed by atoms with E-state index >= 15 is 0 Å². The molecule has 0 atom stereocenters. The van der Waals surface area contributed by atoms with Crippen molar-refractivity contribution in [3.8, 4) is 5.69 Å². The minimum Gasteiger partial charge on any atom is -0.325 e. The second-order valence-electron chi connectivity index (χ2n) is 9.22. The SMILES string of the molecule is Cc1ccc(-n2c(Cc3ccccc3)nnc2SCC(=O)Nc2c(C)cccc2C(C)C)c(C)c1. The Bertz CT molecular complexity index is 1330. The number of hydrogen-bond donors (Lipinski definition) is 1. The van der Waals surface area contributed by atoms with Crippen molar-refractivity contribution in [2.75, 3.05) is 11.1 Å². The van der Waals surface area contributed by atoms with Crippen LogP contribution < -0.4 is 5.32 Å². The Balaban J connectivity index is 1.60. The first-order valence-electron chi connectivity index (χ1n) is 11.9. The van der Waals surface area contributed by atoms with Crippen LogP contribution in [-0.2, 0) is 11.2 Å². The van der Waals surface area contributed by atoms with E-state index in [1.807, 2.05) is 37.3 Å². The highest BCUT2D eigenvalue weighted by atomic mass is 32.2. The Morgan fingerprint density at radius 1 is 0.943 bits per heavy atom. The van der Waals surface area contributed by atoms with Gasteiger partial charge in [-0.1, -0.05) is 91.8 Å². The molecule has 35 heavy (non-hydrogen) atoms. The second-order valence-corrected chi connectivity index (χ2v) is 10.2. The molecular weight excluding hydrogens is 452 g/mol. The van der Waals surface area contributed by atoms with E-state index in [2.05, 4.69) is 84.2 Å². The molecule has 1 heterocycles. The smallest absolute Gasteiger partial charge is 0.234 e. The Morgan fingerprint density at radius 3 is 2.43 bits per heavy atom. The molecule has 0 aliphatic rings. The van der Waals surface area contributed by atoms with Gasteiger partial charge in [-0.25, -0.2) is 0 Å². The Morgan fingerprint density at radius 2 is 1.71 bits per heavy atom. The number of carbonyl (C=O) groups is 1. The predicted octanol–water partition coefficient (Wildman–Crippen LogP) is 6.64. The Labute approximate surface area is 212 Å². The van der Waals surface area contributed by atoms with Gasteiger partial charge in [0.1, 0.15) is 5.82 Å². The van der Waals surface area contributed by atoms with Crippen LogP contribution in [0.15, 0.2) is 71.9 Å². The molecule has 0 bridgehead atoms. The summed E-state index contributed by atoms with van der Waals surface area (Å²) >= 11 is 1.41. The molecule has 180 valence electrons. The van der Waals surface area contributed by atoms with Gasteiger partial charge < -0.3 is 5.32 Å². The van der Waals surface area contributed by atoms with Crippen LogP contribution in [0.1, 0.15) is 53.4 Å². The van der Waals surface area contributed by atoms with Gasteiger partial charge in [0.25, 0.3) is 0 Å². The van der Waals surface area contributed by atoms with Gasteiger partial charge in [-0.05, 0) is 55.0 Å². The van der Waals surface area contributed by atoms with Crippen LogP contribution in [0.4, 0.5) is 5.69 Å². The van der Waals surface area contributed by atoms with E-state index in [0.29, 0.717) is 17.5 Å². The van der Waals surface area contributed by atoms with Gasteiger partial charge in [0.05, 0.1) is 11.4 Å². The molecule has 1 aromatic heterocycles. The number of nitrogens with zero attached hydrogens (tertiary/aromatic N) is 3. The highest BCUT2D eigenvalue weighted by Gasteiger charge is 2.19. The molecule has 0 unspecified atom stereocenters. The molecule has 1 N–H and O–H groups in total. The molecule has 0 saturated carbocycles. The highest BCUT2D eigenvalue weighted by molar-refractivity contribution is 7.99. The number of thioether (sulfide) groups is 1.